The molecule has 2 rings (SSSR count). The fourth-order valence-corrected chi connectivity index (χ4v) is 1.49. The van der Waals surface area contributed by atoms with E-state index < -0.39 is 5.43 Å². The Balaban J connectivity index is 2.71. The van der Waals surface area contributed by atoms with Crippen LogP contribution in [0.25, 0.3) is 11.3 Å². The van der Waals surface area contributed by atoms with Crippen LogP contribution in [0.4, 0.5) is 0 Å². The molecular formula is C13H11NO2. The molecule has 0 saturated heterocycles. The molecule has 0 aliphatic rings. The molecule has 80 valence electrons. The zero-order chi connectivity index (χ0) is 11.5. The summed E-state index contributed by atoms with van der Waals surface area (Å²) in [5.41, 5.74) is 1.50. The number of aryl methyl sites for hydroxylation is 1. The van der Waals surface area contributed by atoms with Crippen molar-refractivity contribution in [2.45, 2.75) is 6.92 Å². The molecule has 3 nitrogen and oxygen atoms in total. The van der Waals surface area contributed by atoms with Gasteiger partial charge in [-0.15, -0.1) is 0 Å². The van der Waals surface area contributed by atoms with Crippen LogP contribution in [0.5, 0.6) is 5.75 Å². The van der Waals surface area contributed by atoms with Crippen molar-refractivity contribution in [3.63, 3.8) is 0 Å². The normalized spacial score (nSPS) is 10.1. The lowest BCUT2D eigenvalue weighted by Crippen LogP contribution is -1.95. The van der Waals surface area contributed by atoms with E-state index in [-0.39, 0.29) is 5.75 Å². The molecule has 1 aromatic heterocycles. The van der Waals surface area contributed by atoms with Crippen molar-refractivity contribution in [3.8, 4) is 17.0 Å². The summed E-state index contributed by atoms with van der Waals surface area (Å²) in [6.07, 6.45) is 0. The predicted octanol–water partition coefficient (Wildman–Crippen LogP) is 2.12. The zero-order valence-electron chi connectivity index (χ0n) is 8.84. The van der Waals surface area contributed by atoms with Gasteiger partial charge in [0, 0.05) is 11.3 Å². The molecule has 1 aromatic carbocycles. The predicted molar refractivity (Wildman–Crippen MR) is 62.3 cm³/mol. The van der Waals surface area contributed by atoms with Gasteiger partial charge < -0.3 is 5.11 Å². The minimum atomic E-state index is -0.400. The van der Waals surface area contributed by atoms with Crippen LogP contribution < -0.4 is 5.43 Å². The number of hydrogen-bond donors (Lipinski definition) is 1. The van der Waals surface area contributed by atoms with Gasteiger partial charge in [-0.1, -0.05) is 18.2 Å². The van der Waals surface area contributed by atoms with Crippen LogP contribution in [-0.2, 0) is 0 Å². The third-order valence-corrected chi connectivity index (χ3v) is 2.27. The largest absolute Gasteiger partial charge is 0.504 e. The lowest BCUT2D eigenvalue weighted by molar-refractivity contribution is 0.473. The van der Waals surface area contributed by atoms with Crippen LogP contribution in [0.3, 0.4) is 0 Å². The van der Waals surface area contributed by atoms with Crippen LogP contribution in [0, 0.1) is 6.92 Å². The van der Waals surface area contributed by atoms with Crippen molar-refractivity contribution in [3.05, 3.63) is 58.4 Å². The van der Waals surface area contributed by atoms with Crippen LogP contribution >= 0.6 is 0 Å². The lowest BCUT2D eigenvalue weighted by Gasteiger charge is -2.01. The van der Waals surface area contributed by atoms with Crippen molar-refractivity contribution in [2.75, 3.05) is 0 Å². The van der Waals surface area contributed by atoms with Crippen LogP contribution in [0.15, 0.2) is 47.3 Å². The first-order chi connectivity index (χ1) is 7.68. The van der Waals surface area contributed by atoms with Gasteiger partial charge in [0.05, 0.1) is 5.69 Å². The summed E-state index contributed by atoms with van der Waals surface area (Å²) in [4.78, 5) is 15.7. The summed E-state index contributed by atoms with van der Waals surface area (Å²) in [5, 5.41) is 9.75. The maximum atomic E-state index is 11.4. The monoisotopic (exact) mass is 213 g/mol. The molecule has 0 saturated carbocycles. The average Bonchev–Trinajstić information content (AvgIpc) is 2.42. The van der Waals surface area contributed by atoms with Crippen LogP contribution in [0.1, 0.15) is 5.69 Å². The second-order valence-electron chi connectivity index (χ2n) is 3.51. The Morgan fingerprint density at radius 1 is 1.06 bits per heavy atom. The molecule has 0 aliphatic heterocycles. The maximum absolute atomic E-state index is 11.4. The van der Waals surface area contributed by atoms with E-state index in [9.17, 15) is 9.90 Å². The van der Waals surface area contributed by atoms with Crippen molar-refractivity contribution < 1.29 is 5.11 Å². The Morgan fingerprint density at radius 3 is 2.56 bits per heavy atom. The number of nitrogens with zero attached hydrogens (tertiary/aromatic N) is 1. The Kier molecular flexibility index (Phi) is 2.68. The smallest absolute Gasteiger partial charge is 0.220 e. The molecular weight excluding hydrogens is 202 g/mol. The Labute approximate surface area is 93.0 Å². The standard InChI is InChI=1S/C13H11NO2/c1-9-5-4-7-11(14-9)10-6-2-3-8-12(15)13(10)16/h2-8H,1H3,(H,15,16). The molecule has 3 heteroatoms. The minimum absolute atomic E-state index is 0.261. The fourth-order valence-electron chi connectivity index (χ4n) is 1.49. The molecule has 1 N–H and O–H groups in total. The first kappa shape index (κ1) is 10.4. The molecule has 0 spiro atoms. The molecule has 1 heterocycles. The molecule has 0 unspecified atom stereocenters. The lowest BCUT2D eigenvalue weighted by atomic mass is 10.1. The molecule has 0 bridgehead atoms. The van der Waals surface area contributed by atoms with E-state index in [1.165, 1.54) is 6.07 Å². The van der Waals surface area contributed by atoms with Gasteiger partial charge in [0.1, 0.15) is 0 Å². The van der Waals surface area contributed by atoms with Gasteiger partial charge in [-0.05, 0) is 31.2 Å². The highest BCUT2D eigenvalue weighted by Crippen LogP contribution is 2.23. The highest BCUT2D eigenvalue weighted by atomic mass is 16.3. The summed E-state index contributed by atoms with van der Waals surface area (Å²) < 4.78 is 0. The topological polar surface area (TPSA) is 50.2 Å². The van der Waals surface area contributed by atoms with E-state index in [1.54, 1.807) is 24.3 Å². The number of hydrogen-bond acceptors (Lipinski definition) is 3. The number of pyridine rings is 1. The molecule has 0 amide bonds. The summed E-state index contributed by atoms with van der Waals surface area (Å²) in [5.74, 6) is -0.261. The van der Waals surface area contributed by atoms with Crippen LogP contribution in [0.2, 0.25) is 0 Å². The van der Waals surface area contributed by atoms with E-state index in [4.69, 9.17) is 0 Å². The third kappa shape index (κ3) is 1.93. The van der Waals surface area contributed by atoms with Gasteiger partial charge in [0.25, 0.3) is 0 Å². The average molecular weight is 213 g/mol. The SMILES string of the molecule is Cc1cccc(-c2ccccc(=O)c2O)n1. The molecule has 0 atom stereocenters. The Morgan fingerprint density at radius 2 is 1.81 bits per heavy atom. The van der Waals surface area contributed by atoms with Crippen LogP contribution in [-0.4, -0.2) is 10.1 Å². The minimum Gasteiger partial charge on any atom is -0.504 e. The summed E-state index contributed by atoms with van der Waals surface area (Å²) in [6.45, 7) is 1.86. The highest BCUT2D eigenvalue weighted by Gasteiger charge is 2.06. The number of rotatable bonds is 1. The van der Waals surface area contributed by atoms with E-state index >= 15 is 0 Å². The van der Waals surface area contributed by atoms with E-state index in [0.29, 0.717) is 11.3 Å². The fraction of sp³-hybridized carbons (Fsp3) is 0.0769. The third-order valence-electron chi connectivity index (χ3n) is 2.27. The summed E-state index contributed by atoms with van der Waals surface area (Å²) >= 11 is 0. The Hall–Kier alpha value is -2.16. The van der Waals surface area contributed by atoms with Gasteiger partial charge in [-0.2, -0.15) is 0 Å². The maximum Gasteiger partial charge on any atom is 0.220 e. The Bertz CT molecular complexity index is 579. The van der Waals surface area contributed by atoms with Crippen molar-refractivity contribution in [1.82, 2.24) is 4.98 Å². The molecule has 0 aliphatic carbocycles. The van der Waals surface area contributed by atoms with Crippen molar-refractivity contribution >= 4 is 0 Å². The van der Waals surface area contributed by atoms with Gasteiger partial charge >= 0.3 is 0 Å². The van der Waals surface area contributed by atoms with Gasteiger partial charge in [-0.3, -0.25) is 9.78 Å². The van der Waals surface area contributed by atoms with E-state index in [0.717, 1.165) is 5.69 Å². The van der Waals surface area contributed by atoms with E-state index in [1.807, 2.05) is 19.1 Å². The zero-order valence-corrected chi connectivity index (χ0v) is 8.84. The quantitative estimate of drug-likeness (QED) is 0.789. The second kappa shape index (κ2) is 4.14. The van der Waals surface area contributed by atoms with Gasteiger partial charge in [0.2, 0.25) is 5.43 Å². The van der Waals surface area contributed by atoms with Gasteiger partial charge in [-0.25, -0.2) is 0 Å². The summed E-state index contributed by atoms with van der Waals surface area (Å²) in [7, 11) is 0. The van der Waals surface area contributed by atoms with Crippen molar-refractivity contribution in [1.29, 1.82) is 0 Å². The molecule has 0 fully saturated rings. The number of aromatic hydroxyl groups is 1. The highest BCUT2D eigenvalue weighted by molar-refractivity contribution is 5.65. The molecule has 0 radical (unpaired) electrons. The van der Waals surface area contributed by atoms with Gasteiger partial charge in [0.15, 0.2) is 5.75 Å². The molecule has 2 aromatic rings. The van der Waals surface area contributed by atoms with Crippen molar-refractivity contribution in [2.24, 2.45) is 0 Å². The summed E-state index contributed by atoms with van der Waals surface area (Å²) in [6, 6.07) is 11.8. The first-order valence-corrected chi connectivity index (χ1v) is 4.95. The first-order valence-electron chi connectivity index (χ1n) is 4.95. The number of aromatic nitrogens is 1. The van der Waals surface area contributed by atoms with E-state index in [2.05, 4.69) is 4.98 Å². The second-order valence-corrected chi connectivity index (χ2v) is 3.51. The molecule has 16 heavy (non-hydrogen) atoms.